The minimum Gasteiger partial charge on any atom is -0.349 e. The van der Waals surface area contributed by atoms with Crippen LogP contribution in [0.4, 0.5) is 0 Å². The number of nitrogens with one attached hydrogen (secondary N) is 1. The van der Waals surface area contributed by atoms with Crippen molar-refractivity contribution in [2.45, 2.75) is 52.6 Å². The molecular weight excluding hydrogens is 366 g/mol. The molecule has 1 atom stereocenters. The number of benzene rings is 1. The van der Waals surface area contributed by atoms with Crippen LogP contribution in [-0.4, -0.2) is 25.2 Å². The summed E-state index contributed by atoms with van der Waals surface area (Å²) in [6.45, 7) is 8.78. The lowest BCUT2D eigenvalue weighted by molar-refractivity contribution is -0.122. The van der Waals surface area contributed by atoms with Crippen molar-refractivity contribution < 1.29 is 4.79 Å². The molecule has 1 aromatic carbocycles. The van der Waals surface area contributed by atoms with E-state index in [1.165, 1.54) is 22.7 Å². The lowest BCUT2D eigenvalue weighted by atomic mass is 9.93. The van der Waals surface area contributed by atoms with E-state index in [1.807, 2.05) is 0 Å². The second kappa shape index (κ2) is 8.59. The molecule has 2 aromatic heterocycles. The SMILES string of the molecule is CC(C)c1ccc(C(NC(=O)CCn2cnc3c(cnn3C)c2=O)C(C)C)cc1. The van der Waals surface area contributed by atoms with Crippen molar-refractivity contribution >= 4 is 16.9 Å². The maximum atomic E-state index is 12.6. The first-order valence-corrected chi connectivity index (χ1v) is 10.0. The third-order valence-corrected chi connectivity index (χ3v) is 5.24. The van der Waals surface area contributed by atoms with E-state index in [2.05, 4.69) is 67.4 Å². The molecule has 3 rings (SSSR count). The molecule has 0 saturated carbocycles. The molecule has 0 fully saturated rings. The molecule has 7 heteroatoms. The molecule has 0 aliphatic heterocycles. The number of carbonyl (C=O) groups is 1. The van der Waals surface area contributed by atoms with Crippen LogP contribution in [0.3, 0.4) is 0 Å². The van der Waals surface area contributed by atoms with Crippen molar-refractivity contribution in [2.75, 3.05) is 0 Å². The summed E-state index contributed by atoms with van der Waals surface area (Å²) in [4.78, 5) is 29.4. The maximum Gasteiger partial charge on any atom is 0.264 e. The average Bonchev–Trinajstić information content (AvgIpc) is 3.07. The zero-order valence-corrected chi connectivity index (χ0v) is 17.7. The Hall–Kier alpha value is -2.96. The van der Waals surface area contributed by atoms with Crippen LogP contribution in [0, 0.1) is 5.92 Å². The predicted octanol–water partition coefficient (Wildman–Crippen LogP) is 3.16. The Morgan fingerprint density at radius 1 is 1.10 bits per heavy atom. The molecule has 0 saturated heterocycles. The summed E-state index contributed by atoms with van der Waals surface area (Å²) in [7, 11) is 1.74. The van der Waals surface area contributed by atoms with Gasteiger partial charge in [0.1, 0.15) is 5.39 Å². The molecule has 0 aliphatic rings. The van der Waals surface area contributed by atoms with E-state index < -0.39 is 0 Å². The number of fused-ring (bicyclic) bond motifs is 1. The summed E-state index contributed by atoms with van der Waals surface area (Å²) in [6.07, 6.45) is 3.20. The average molecular weight is 396 g/mol. The summed E-state index contributed by atoms with van der Waals surface area (Å²) >= 11 is 0. The van der Waals surface area contributed by atoms with Crippen LogP contribution in [0.2, 0.25) is 0 Å². The summed E-state index contributed by atoms with van der Waals surface area (Å²) in [6, 6.07) is 8.35. The summed E-state index contributed by atoms with van der Waals surface area (Å²) < 4.78 is 3.02. The Kier molecular flexibility index (Phi) is 6.15. The van der Waals surface area contributed by atoms with Crippen molar-refractivity contribution in [3.8, 4) is 0 Å². The van der Waals surface area contributed by atoms with Gasteiger partial charge in [-0.2, -0.15) is 5.10 Å². The Balaban J connectivity index is 1.68. The highest BCUT2D eigenvalue weighted by Gasteiger charge is 2.19. The molecule has 1 unspecified atom stereocenters. The van der Waals surface area contributed by atoms with E-state index >= 15 is 0 Å². The molecule has 1 amide bonds. The van der Waals surface area contributed by atoms with Gasteiger partial charge < -0.3 is 5.32 Å². The molecule has 29 heavy (non-hydrogen) atoms. The van der Waals surface area contributed by atoms with E-state index in [0.29, 0.717) is 17.0 Å². The minimum absolute atomic E-state index is 0.0700. The van der Waals surface area contributed by atoms with Crippen LogP contribution in [0.15, 0.2) is 41.6 Å². The summed E-state index contributed by atoms with van der Waals surface area (Å²) in [5.41, 5.74) is 2.73. The zero-order valence-electron chi connectivity index (χ0n) is 17.7. The molecule has 1 N–H and O–H groups in total. The topological polar surface area (TPSA) is 81.8 Å². The van der Waals surface area contributed by atoms with Gasteiger partial charge in [-0.15, -0.1) is 0 Å². The van der Waals surface area contributed by atoms with Gasteiger partial charge in [0.05, 0.1) is 18.6 Å². The molecular formula is C22H29N5O2. The minimum atomic E-state index is -0.180. The van der Waals surface area contributed by atoms with Gasteiger partial charge in [-0.05, 0) is 23.0 Å². The molecule has 0 spiro atoms. The Morgan fingerprint density at radius 3 is 2.38 bits per heavy atom. The van der Waals surface area contributed by atoms with Crippen molar-refractivity contribution in [1.29, 1.82) is 0 Å². The highest BCUT2D eigenvalue weighted by atomic mass is 16.2. The Morgan fingerprint density at radius 2 is 1.76 bits per heavy atom. The number of carbonyl (C=O) groups excluding carboxylic acids is 1. The van der Waals surface area contributed by atoms with Crippen LogP contribution in [0.5, 0.6) is 0 Å². The lowest BCUT2D eigenvalue weighted by Gasteiger charge is -2.23. The van der Waals surface area contributed by atoms with E-state index in [4.69, 9.17) is 0 Å². The lowest BCUT2D eigenvalue weighted by Crippen LogP contribution is -2.33. The van der Waals surface area contributed by atoms with Crippen molar-refractivity contribution in [2.24, 2.45) is 13.0 Å². The first-order chi connectivity index (χ1) is 13.8. The third-order valence-electron chi connectivity index (χ3n) is 5.24. The molecule has 0 aliphatic carbocycles. The van der Waals surface area contributed by atoms with Gasteiger partial charge in [-0.1, -0.05) is 52.0 Å². The molecule has 3 aromatic rings. The van der Waals surface area contributed by atoms with Gasteiger partial charge in [0.2, 0.25) is 5.91 Å². The molecule has 154 valence electrons. The van der Waals surface area contributed by atoms with Gasteiger partial charge in [-0.25, -0.2) is 4.98 Å². The normalized spacial score (nSPS) is 12.7. The molecule has 0 radical (unpaired) electrons. The van der Waals surface area contributed by atoms with Gasteiger partial charge in [0.15, 0.2) is 5.65 Å². The van der Waals surface area contributed by atoms with Crippen LogP contribution < -0.4 is 10.9 Å². The fraction of sp³-hybridized carbons (Fsp3) is 0.455. The Labute approximate surface area is 170 Å². The first-order valence-electron chi connectivity index (χ1n) is 10.0. The number of rotatable bonds is 7. The van der Waals surface area contributed by atoms with E-state index in [0.717, 1.165) is 5.56 Å². The zero-order chi connectivity index (χ0) is 21.1. The molecule has 2 heterocycles. The Bertz CT molecular complexity index is 1050. The number of amides is 1. The number of hydrogen-bond acceptors (Lipinski definition) is 4. The standard InChI is InChI=1S/C22H29N5O2/c1-14(2)16-6-8-17(9-7-16)20(15(3)4)25-19(28)10-11-27-13-23-21-18(22(27)29)12-24-26(21)5/h6-9,12-15,20H,10-11H2,1-5H3,(H,25,28). The number of nitrogens with zero attached hydrogens (tertiary/aromatic N) is 4. The van der Waals surface area contributed by atoms with Crippen molar-refractivity contribution in [3.63, 3.8) is 0 Å². The van der Waals surface area contributed by atoms with E-state index in [1.54, 1.807) is 11.7 Å². The second-order valence-corrected chi connectivity index (χ2v) is 8.11. The fourth-order valence-electron chi connectivity index (χ4n) is 3.42. The molecule has 0 bridgehead atoms. The maximum absolute atomic E-state index is 12.6. The van der Waals surface area contributed by atoms with E-state index in [-0.39, 0.29) is 36.4 Å². The number of aromatic nitrogens is 4. The highest BCUT2D eigenvalue weighted by Crippen LogP contribution is 2.24. The number of aryl methyl sites for hydroxylation is 2. The first kappa shape index (κ1) is 20.8. The van der Waals surface area contributed by atoms with E-state index in [9.17, 15) is 9.59 Å². The van der Waals surface area contributed by atoms with Crippen LogP contribution in [0.1, 0.15) is 57.2 Å². The van der Waals surface area contributed by atoms with Gasteiger partial charge in [-0.3, -0.25) is 18.8 Å². The summed E-state index contributed by atoms with van der Waals surface area (Å²) in [5.74, 6) is 0.634. The predicted molar refractivity (Wildman–Crippen MR) is 114 cm³/mol. The highest BCUT2D eigenvalue weighted by molar-refractivity contribution is 5.76. The third kappa shape index (κ3) is 4.55. The van der Waals surface area contributed by atoms with Crippen LogP contribution in [0.25, 0.3) is 11.0 Å². The van der Waals surface area contributed by atoms with Gasteiger partial charge in [0.25, 0.3) is 5.56 Å². The van der Waals surface area contributed by atoms with Crippen LogP contribution in [-0.2, 0) is 18.4 Å². The molecule has 7 nitrogen and oxygen atoms in total. The monoisotopic (exact) mass is 395 g/mol. The van der Waals surface area contributed by atoms with Gasteiger partial charge >= 0.3 is 0 Å². The van der Waals surface area contributed by atoms with Crippen molar-refractivity contribution in [3.05, 3.63) is 58.3 Å². The number of hydrogen-bond donors (Lipinski definition) is 1. The fourth-order valence-corrected chi connectivity index (χ4v) is 3.42. The smallest absolute Gasteiger partial charge is 0.264 e. The van der Waals surface area contributed by atoms with Gasteiger partial charge in [0, 0.05) is 20.0 Å². The second-order valence-electron chi connectivity index (χ2n) is 8.11. The quantitative estimate of drug-likeness (QED) is 0.666. The van der Waals surface area contributed by atoms with Crippen LogP contribution >= 0.6 is 0 Å². The largest absolute Gasteiger partial charge is 0.349 e. The van der Waals surface area contributed by atoms with Crippen molar-refractivity contribution in [1.82, 2.24) is 24.6 Å². The summed E-state index contributed by atoms with van der Waals surface area (Å²) in [5, 5.41) is 7.64.